The second-order valence-electron chi connectivity index (χ2n) is 13.9. The fourth-order valence-electron chi connectivity index (χ4n) is 7.91. The zero-order valence-electron chi connectivity index (χ0n) is 30.1. The van der Waals surface area contributed by atoms with Crippen LogP contribution in [0.4, 0.5) is 0 Å². The summed E-state index contributed by atoms with van der Waals surface area (Å²) in [7, 11) is 0. The van der Waals surface area contributed by atoms with E-state index in [1.165, 1.54) is 0 Å². The molecular formula is C51H31N3O2. The fraction of sp³-hybridized carbons (Fsp3) is 0. The van der Waals surface area contributed by atoms with Crippen molar-refractivity contribution in [1.29, 1.82) is 0 Å². The molecule has 7 aromatic carbocycles. The number of fused-ring (bicyclic) bond motifs is 6. The molecule has 0 saturated carbocycles. The Bertz CT molecular complexity index is 3240. The summed E-state index contributed by atoms with van der Waals surface area (Å²) in [5.41, 5.74) is 14.2. The topological polar surface area (TPSA) is 65.0 Å². The van der Waals surface area contributed by atoms with E-state index in [1.807, 2.05) is 85.1 Å². The van der Waals surface area contributed by atoms with Gasteiger partial charge < -0.3 is 8.83 Å². The number of nitrogens with zero attached hydrogens (tertiary/aromatic N) is 3. The Morgan fingerprint density at radius 3 is 1.77 bits per heavy atom. The minimum Gasteiger partial charge on any atom is -0.456 e. The van der Waals surface area contributed by atoms with E-state index >= 15 is 0 Å². The molecule has 0 radical (unpaired) electrons. The quantitative estimate of drug-likeness (QED) is 0.171. The summed E-state index contributed by atoms with van der Waals surface area (Å²) < 4.78 is 12.9. The van der Waals surface area contributed by atoms with Gasteiger partial charge in [-0.3, -0.25) is 4.98 Å². The van der Waals surface area contributed by atoms with Gasteiger partial charge in [-0.05, 0) is 65.2 Å². The Morgan fingerprint density at radius 1 is 0.339 bits per heavy atom. The maximum atomic E-state index is 6.66. The highest BCUT2D eigenvalue weighted by Crippen LogP contribution is 2.43. The molecule has 0 saturated heterocycles. The van der Waals surface area contributed by atoms with Crippen LogP contribution < -0.4 is 0 Å². The Labute approximate surface area is 322 Å². The first-order valence-corrected chi connectivity index (χ1v) is 18.7. The van der Waals surface area contributed by atoms with Crippen LogP contribution in [0.3, 0.4) is 0 Å². The molecule has 0 fully saturated rings. The first-order valence-electron chi connectivity index (χ1n) is 18.7. The van der Waals surface area contributed by atoms with E-state index in [0.29, 0.717) is 5.82 Å². The van der Waals surface area contributed by atoms with Crippen molar-refractivity contribution in [2.45, 2.75) is 0 Å². The minimum absolute atomic E-state index is 0.668. The molecule has 0 aliphatic rings. The molecule has 4 heterocycles. The van der Waals surface area contributed by atoms with Gasteiger partial charge in [0.15, 0.2) is 5.82 Å². The fourth-order valence-corrected chi connectivity index (χ4v) is 7.91. The first-order chi connectivity index (χ1) is 27.7. The lowest BCUT2D eigenvalue weighted by molar-refractivity contribution is 0.668. The van der Waals surface area contributed by atoms with E-state index in [1.54, 1.807) is 0 Å². The third kappa shape index (κ3) is 5.37. The highest BCUT2D eigenvalue weighted by atomic mass is 16.3. The van der Waals surface area contributed by atoms with Gasteiger partial charge in [0.1, 0.15) is 22.3 Å². The molecule has 0 N–H and O–H groups in total. The molecule has 0 bridgehead atoms. The molecule has 0 unspecified atom stereocenters. The van der Waals surface area contributed by atoms with Crippen molar-refractivity contribution in [3.05, 3.63) is 188 Å². The molecule has 0 aliphatic heterocycles. The van der Waals surface area contributed by atoms with Crippen LogP contribution in [0.5, 0.6) is 0 Å². The van der Waals surface area contributed by atoms with Crippen molar-refractivity contribution < 1.29 is 8.83 Å². The molecule has 0 spiro atoms. The van der Waals surface area contributed by atoms with Crippen molar-refractivity contribution in [3.8, 4) is 67.4 Å². The van der Waals surface area contributed by atoms with Crippen molar-refractivity contribution in [2.75, 3.05) is 0 Å². The van der Waals surface area contributed by atoms with Gasteiger partial charge in [-0.1, -0.05) is 133 Å². The van der Waals surface area contributed by atoms with Crippen LogP contribution in [0.2, 0.25) is 0 Å². The van der Waals surface area contributed by atoms with Gasteiger partial charge in [-0.2, -0.15) is 0 Å². The molecule has 5 heteroatoms. The standard InChI is InChI=1S/C51H31N3O2/c1-2-12-34(13-3-1)51-53-44(31-45(54-51)39-15-5-4-14-38(39)43-18-10-11-29-52-43)33-23-21-32(22-24-33)36-27-28-37(50-49(36)42-17-7-9-20-47(42)56-50)35-25-26-41-40-16-6-8-19-46(40)55-48(41)30-35/h1-31H. The second kappa shape index (κ2) is 13.0. The first kappa shape index (κ1) is 31.9. The van der Waals surface area contributed by atoms with Crippen molar-refractivity contribution in [3.63, 3.8) is 0 Å². The number of hydrogen-bond donors (Lipinski definition) is 0. The van der Waals surface area contributed by atoms with Gasteiger partial charge in [0, 0.05) is 55.6 Å². The molecule has 0 amide bonds. The molecule has 11 rings (SSSR count). The molecule has 0 atom stereocenters. The van der Waals surface area contributed by atoms with Crippen LogP contribution in [-0.2, 0) is 0 Å². The van der Waals surface area contributed by atoms with Gasteiger partial charge in [0.2, 0.25) is 0 Å². The Hall–Kier alpha value is -7.63. The molecule has 5 nitrogen and oxygen atoms in total. The zero-order valence-corrected chi connectivity index (χ0v) is 30.1. The number of hydrogen-bond acceptors (Lipinski definition) is 5. The van der Waals surface area contributed by atoms with E-state index in [2.05, 4.69) is 108 Å². The summed E-state index contributed by atoms with van der Waals surface area (Å²) in [5, 5.41) is 4.38. The van der Waals surface area contributed by atoms with E-state index in [0.717, 1.165) is 105 Å². The third-order valence-corrected chi connectivity index (χ3v) is 10.6. The van der Waals surface area contributed by atoms with Gasteiger partial charge in [0.25, 0.3) is 0 Å². The number of rotatable bonds is 6. The monoisotopic (exact) mass is 717 g/mol. The summed E-state index contributed by atoms with van der Waals surface area (Å²) in [6.07, 6.45) is 1.82. The van der Waals surface area contributed by atoms with E-state index in [9.17, 15) is 0 Å². The summed E-state index contributed by atoms with van der Waals surface area (Å²) >= 11 is 0. The lowest BCUT2D eigenvalue weighted by atomic mass is 9.93. The van der Waals surface area contributed by atoms with Gasteiger partial charge >= 0.3 is 0 Å². The van der Waals surface area contributed by atoms with Crippen molar-refractivity contribution in [2.24, 2.45) is 0 Å². The highest BCUT2D eigenvalue weighted by molar-refractivity contribution is 6.17. The van der Waals surface area contributed by atoms with Crippen LogP contribution in [0.15, 0.2) is 197 Å². The van der Waals surface area contributed by atoms with Crippen LogP contribution in [0.1, 0.15) is 0 Å². The SMILES string of the molecule is c1ccc(-c2nc(-c3ccc(-c4ccc(-c5ccc6c(c5)oc5ccccc56)c5oc6ccccc6c45)cc3)cc(-c3ccccc3-c3ccccn3)n2)cc1. The van der Waals surface area contributed by atoms with Crippen LogP contribution in [0, 0.1) is 0 Å². The van der Waals surface area contributed by atoms with E-state index in [4.69, 9.17) is 18.8 Å². The molecular weight excluding hydrogens is 687 g/mol. The Balaban J connectivity index is 1.03. The summed E-state index contributed by atoms with van der Waals surface area (Å²) in [6.45, 7) is 0. The number of aromatic nitrogens is 3. The van der Waals surface area contributed by atoms with Crippen LogP contribution in [-0.4, -0.2) is 15.0 Å². The molecule has 11 aromatic rings. The number of pyridine rings is 1. The molecule has 4 aromatic heterocycles. The smallest absolute Gasteiger partial charge is 0.160 e. The summed E-state index contributed by atoms with van der Waals surface area (Å²) in [4.78, 5) is 14.9. The number of benzene rings is 7. The lowest BCUT2D eigenvalue weighted by Gasteiger charge is -2.13. The maximum absolute atomic E-state index is 6.66. The zero-order chi connectivity index (χ0) is 37.0. The maximum Gasteiger partial charge on any atom is 0.160 e. The Morgan fingerprint density at radius 2 is 0.964 bits per heavy atom. The minimum atomic E-state index is 0.668. The third-order valence-electron chi connectivity index (χ3n) is 10.6. The van der Waals surface area contributed by atoms with E-state index < -0.39 is 0 Å². The lowest BCUT2D eigenvalue weighted by Crippen LogP contribution is -1.97. The summed E-state index contributed by atoms with van der Waals surface area (Å²) in [6, 6.07) is 62.4. The number of furan rings is 2. The Kier molecular flexibility index (Phi) is 7.42. The van der Waals surface area contributed by atoms with Crippen LogP contribution >= 0.6 is 0 Å². The largest absolute Gasteiger partial charge is 0.456 e. The molecule has 0 aliphatic carbocycles. The van der Waals surface area contributed by atoms with Gasteiger partial charge in [-0.25, -0.2) is 9.97 Å². The van der Waals surface area contributed by atoms with Gasteiger partial charge in [-0.15, -0.1) is 0 Å². The summed E-state index contributed by atoms with van der Waals surface area (Å²) in [5.74, 6) is 0.668. The predicted molar refractivity (Wildman–Crippen MR) is 227 cm³/mol. The second-order valence-corrected chi connectivity index (χ2v) is 13.9. The van der Waals surface area contributed by atoms with E-state index in [-0.39, 0.29) is 0 Å². The van der Waals surface area contributed by atoms with Crippen molar-refractivity contribution in [1.82, 2.24) is 15.0 Å². The molecule has 262 valence electrons. The number of para-hydroxylation sites is 2. The van der Waals surface area contributed by atoms with Gasteiger partial charge in [0.05, 0.1) is 17.1 Å². The highest BCUT2D eigenvalue weighted by Gasteiger charge is 2.19. The normalized spacial score (nSPS) is 11.6. The predicted octanol–water partition coefficient (Wildman–Crippen LogP) is 13.7. The molecule has 56 heavy (non-hydrogen) atoms. The average Bonchev–Trinajstić information content (AvgIpc) is 3.85. The average molecular weight is 718 g/mol. The van der Waals surface area contributed by atoms with Crippen LogP contribution in [0.25, 0.3) is 111 Å². The van der Waals surface area contributed by atoms with Crippen molar-refractivity contribution >= 4 is 43.9 Å².